The number of amides is 1. The summed E-state index contributed by atoms with van der Waals surface area (Å²) < 4.78 is 10.4. The summed E-state index contributed by atoms with van der Waals surface area (Å²) in [6.07, 6.45) is 0.921. The topological polar surface area (TPSA) is 68.5 Å². The number of anilines is 1. The Morgan fingerprint density at radius 3 is 2.58 bits per heavy atom. The first-order valence-electron chi connectivity index (χ1n) is 7.63. The van der Waals surface area contributed by atoms with Crippen molar-refractivity contribution in [1.29, 1.82) is 0 Å². The summed E-state index contributed by atoms with van der Waals surface area (Å²) >= 11 is 0. The lowest BCUT2D eigenvalue weighted by Crippen LogP contribution is -2.20. The van der Waals surface area contributed by atoms with Crippen LogP contribution in [0.5, 0.6) is 5.75 Å². The van der Waals surface area contributed by atoms with Crippen molar-refractivity contribution in [1.82, 2.24) is 0 Å². The van der Waals surface area contributed by atoms with Gasteiger partial charge in [0.15, 0.2) is 11.3 Å². The summed E-state index contributed by atoms with van der Waals surface area (Å²) in [7, 11) is 1.50. The van der Waals surface area contributed by atoms with Gasteiger partial charge in [-0.2, -0.15) is 0 Å². The van der Waals surface area contributed by atoms with Crippen LogP contribution in [0.4, 0.5) is 5.69 Å². The van der Waals surface area contributed by atoms with Gasteiger partial charge in [0.2, 0.25) is 0 Å². The number of hydrogen-bond donors (Lipinski definition) is 1. The average molecular weight is 323 g/mol. The van der Waals surface area contributed by atoms with Crippen LogP contribution in [0.3, 0.4) is 0 Å². The van der Waals surface area contributed by atoms with E-state index in [0.29, 0.717) is 22.4 Å². The molecule has 0 fully saturated rings. The maximum atomic E-state index is 12.4. The standard InChI is InChI=1S/C19H17NO4/c1-3-12-7-9-14(10-8-12)20-18(21)15-11-13-5-4-6-16(23-2)17(13)24-19(15)22/h4-11H,3H2,1-2H3,(H,20,21). The number of hydrogen-bond acceptors (Lipinski definition) is 4. The number of aryl methyl sites for hydroxylation is 1. The second kappa shape index (κ2) is 6.58. The van der Waals surface area contributed by atoms with E-state index < -0.39 is 11.5 Å². The molecule has 5 heteroatoms. The summed E-state index contributed by atoms with van der Waals surface area (Å²) in [5, 5.41) is 3.34. The molecule has 0 atom stereocenters. The molecule has 0 saturated heterocycles. The molecular weight excluding hydrogens is 306 g/mol. The van der Waals surface area contributed by atoms with Crippen molar-refractivity contribution in [3.05, 3.63) is 70.1 Å². The molecule has 5 nitrogen and oxygen atoms in total. The lowest BCUT2D eigenvalue weighted by molar-refractivity contribution is 0.102. The third-order valence-corrected chi connectivity index (χ3v) is 3.81. The van der Waals surface area contributed by atoms with Crippen LogP contribution in [0.15, 0.2) is 57.7 Å². The molecule has 1 aromatic heterocycles. The van der Waals surface area contributed by atoms with E-state index in [1.54, 1.807) is 18.2 Å². The zero-order valence-corrected chi connectivity index (χ0v) is 13.5. The molecule has 1 amide bonds. The van der Waals surface area contributed by atoms with Crippen LogP contribution < -0.4 is 15.7 Å². The van der Waals surface area contributed by atoms with Crippen molar-refractivity contribution < 1.29 is 13.9 Å². The van der Waals surface area contributed by atoms with Gasteiger partial charge in [0.05, 0.1) is 7.11 Å². The zero-order valence-electron chi connectivity index (χ0n) is 13.5. The Hall–Kier alpha value is -3.08. The molecule has 122 valence electrons. The minimum Gasteiger partial charge on any atom is -0.493 e. The van der Waals surface area contributed by atoms with Crippen LogP contribution >= 0.6 is 0 Å². The molecule has 0 aliphatic carbocycles. The fraction of sp³-hybridized carbons (Fsp3) is 0.158. The van der Waals surface area contributed by atoms with E-state index in [4.69, 9.17) is 9.15 Å². The van der Waals surface area contributed by atoms with Crippen molar-refractivity contribution >= 4 is 22.6 Å². The Morgan fingerprint density at radius 2 is 1.92 bits per heavy atom. The number of methoxy groups -OCH3 is 1. The van der Waals surface area contributed by atoms with Crippen molar-refractivity contribution in [2.45, 2.75) is 13.3 Å². The molecule has 3 aromatic rings. The van der Waals surface area contributed by atoms with Crippen LogP contribution in [0.25, 0.3) is 11.0 Å². The molecule has 1 N–H and O–H groups in total. The first-order chi connectivity index (χ1) is 11.6. The summed E-state index contributed by atoms with van der Waals surface area (Å²) in [5.74, 6) is -0.0515. The molecule has 24 heavy (non-hydrogen) atoms. The SMILES string of the molecule is CCc1ccc(NC(=O)c2cc3cccc(OC)c3oc2=O)cc1. The fourth-order valence-electron chi connectivity index (χ4n) is 2.46. The average Bonchev–Trinajstić information content (AvgIpc) is 2.61. The van der Waals surface area contributed by atoms with E-state index in [9.17, 15) is 9.59 Å². The number of benzene rings is 2. The van der Waals surface area contributed by atoms with Crippen molar-refractivity contribution in [3.63, 3.8) is 0 Å². The minimum absolute atomic E-state index is 0.0460. The van der Waals surface area contributed by atoms with Gasteiger partial charge in [0.1, 0.15) is 5.56 Å². The number of fused-ring (bicyclic) bond motifs is 1. The number of rotatable bonds is 4. The van der Waals surface area contributed by atoms with Crippen molar-refractivity contribution in [2.24, 2.45) is 0 Å². The summed E-state index contributed by atoms with van der Waals surface area (Å²) in [5.41, 5.74) is 1.38. The minimum atomic E-state index is -0.699. The lowest BCUT2D eigenvalue weighted by atomic mass is 10.1. The molecule has 0 saturated carbocycles. The van der Waals surface area contributed by atoms with Gasteiger partial charge >= 0.3 is 5.63 Å². The van der Waals surface area contributed by atoms with Gasteiger partial charge in [-0.25, -0.2) is 4.79 Å². The smallest absolute Gasteiger partial charge is 0.349 e. The Labute approximate surface area is 138 Å². The first-order valence-corrected chi connectivity index (χ1v) is 7.63. The van der Waals surface area contributed by atoms with Gasteiger partial charge in [0.25, 0.3) is 5.91 Å². The van der Waals surface area contributed by atoms with E-state index in [1.165, 1.54) is 18.7 Å². The number of para-hydroxylation sites is 1. The van der Waals surface area contributed by atoms with E-state index in [0.717, 1.165) is 6.42 Å². The van der Waals surface area contributed by atoms with Gasteiger partial charge in [-0.1, -0.05) is 31.2 Å². The number of carbonyl (C=O) groups is 1. The zero-order chi connectivity index (χ0) is 17.1. The molecule has 0 aliphatic rings. The van der Waals surface area contributed by atoms with Gasteiger partial charge in [-0.15, -0.1) is 0 Å². The van der Waals surface area contributed by atoms with E-state index >= 15 is 0 Å². The molecule has 0 aliphatic heterocycles. The summed E-state index contributed by atoms with van der Waals surface area (Å²) in [6.45, 7) is 2.06. The Morgan fingerprint density at radius 1 is 1.17 bits per heavy atom. The molecule has 0 bridgehead atoms. The predicted molar refractivity (Wildman–Crippen MR) is 92.8 cm³/mol. The summed E-state index contributed by atoms with van der Waals surface area (Å²) in [4.78, 5) is 24.5. The van der Waals surface area contributed by atoms with Crippen LogP contribution in [0.1, 0.15) is 22.8 Å². The van der Waals surface area contributed by atoms with Gasteiger partial charge in [0, 0.05) is 11.1 Å². The second-order valence-corrected chi connectivity index (χ2v) is 5.33. The number of carbonyl (C=O) groups excluding carboxylic acids is 1. The van der Waals surface area contributed by atoms with E-state index in [2.05, 4.69) is 12.2 Å². The molecule has 0 unspecified atom stereocenters. The molecule has 0 radical (unpaired) electrons. The highest BCUT2D eigenvalue weighted by atomic mass is 16.5. The maximum Gasteiger partial charge on any atom is 0.349 e. The Kier molecular flexibility index (Phi) is 4.33. The van der Waals surface area contributed by atoms with Crippen molar-refractivity contribution in [3.8, 4) is 5.75 Å². The number of ether oxygens (including phenoxy) is 1. The van der Waals surface area contributed by atoms with Crippen molar-refractivity contribution in [2.75, 3.05) is 12.4 Å². The van der Waals surface area contributed by atoms with Crippen LogP contribution in [0.2, 0.25) is 0 Å². The van der Waals surface area contributed by atoms with Crippen LogP contribution in [-0.2, 0) is 6.42 Å². The Balaban J connectivity index is 1.94. The highest BCUT2D eigenvalue weighted by Crippen LogP contribution is 2.24. The van der Waals surface area contributed by atoms with Gasteiger partial charge in [-0.05, 0) is 36.2 Å². The molecule has 2 aromatic carbocycles. The largest absolute Gasteiger partial charge is 0.493 e. The quantitative estimate of drug-likeness (QED) is 0.745. The highest BCUT2D eigenvalue weighted by Gasteiger charge is 2.15. The Bertz CT molecular complexity index is 942. The van der Waals surface area contributed by atoms with Gasteiger partial charge in [-0.3, -0.25) is 4.79 Å². The van der Waals surface area contributed by atoms with Crippen LogP contribution in [0, 0.1) is 0 Å². The third-order valence-electron chi connectivity index (χ3n) is 3.81. The normalized spacial score (nSPS) is 10.6. The van der Waals surface area contributed by atoms with E-state index in [-0.39, 0.29) is 5.56 Å². The lowest BCUT2D eigenvalue weighted by Gasteiger charge is -2.07. The first kappa shape index (κ1) is 15.8. The molecule has 3 rings (SSSR count). The molecule has 0 spiro atoms. The van der Waals surface area contributed by atoms with E-state index in [1.807, 2.05) is 24.3 Å². The van der Waals surface area contributed by atoms with Gasteiger partial charge < -0.3 is 14.5 Å². The monoisotopic (exact) mass is 323 g/mol. The third kappa shape index (κ3) is 3.01. The fourth-order valence-corrected chi connectivity index (χ4v) is 2.46. The summed E-state index contributed by atoms with van der Waals surface area (Å²) in [6, 6.07) is 14.2. The molecular formula is C19H17NO4. The molecule has 1 heterocycles. The predicted octanol–water partition coefficient (Wildman–Crippen LogP) is 3.62. The van der Waals surface area contributed by atoms with Crippen LogP contribution in [-0.4, -0.2) is 13.0 Å². The number of nitrogens with one attached hydrogen (secondary N) is 1. The highest BCUT2D eigenvalue weighted by molar-refractivity contribution is 6.05. The second-order valence-electron chi connectivity index (χ2n) is 5.33. The maximum absolute atomic E-state index is 12.4.